The van der Waals surface area contributed by atoms with Gasteiger partial charge in [0.05, 0.1) is 6.61 Å². The Bertz CT molecular complexity index is 395. The maximum atomic E-state index is 11.9. The molecule has 6 nitrogen and oxygen atoms in total. The van der Waals surface area contributed by atoms with E-state index in [2.05, 4.69) is 4.74 Å². The van der Waals surface area contributed by atoms with Crippen molar-refractivity contribution in [2.24, 2.45) is 0 Å². The Morgan fingerprint density at radius 2 is 1.78 bits per heavy atom. The van der Waals surface area contributed by atoms with Crippen molar-refractivity contribution in [3.63, 3.8) is 0 Å². The van der Waals surface area contributed by atoms with Crippen LogP contribution in [0.1, 0.15) is 26.7 Å². The molecule has 0 aromatic rings. The van der Waals surface area contributed by atoms with Crippen LogP contribution in [0.15, 0.2) is 12.2 Å². The van der Waals surface area contributed by atoms with E-state index in [1.54, 1.807) is 13.8 Å². The largest absolute Gasteiger partial charge is 0.460 e. The van der Waals surface area contributed by atoms with Gasteiger partial charge < -0.3 is 4.74 Å². The molecule has 1 aliphatic heterocycles. The minimum absolute atomic E-state index is 0.0730. The van der Waals surface area contributed by atoms with Crippen LogP contribution < -0.4 is 0 Å². The lowest BCUT2D eigenvalue weighted by Crippen LogP contribution is -2.47. The highest BCUT2D eigenvalue weighted by atomic mass is 16.5. The SMILES string of the molecule is CCC[C@@H](C(=O)C(=O)OCC)N1C(=O)C=CC1=O. The fourth-order valence-corrected chi connectivity index (χ4v) is 1.71. The van der Waals surface area contributed by atoms with E-state index in [1.807, 2.05) is 0 Å². The molecule has 0 unspecified atom stereocenters. The Morgan fingerprint density at radius 3 is 2.22 bits per heavy atom. The van der Waals surface area contributed by atoms with Gasteiger partial charge in [0.15, 0.2) is 0 Å². The van der Waals surface area contributed by atoms with Gasteiger partial charge in [0.1, 0.15) is 6.04 Å². The van der Waals surface area contributed by atoms with Crippen LogP contribution in [0.2, 0.25) is 0 Å². The number of carbonyl (C=O) groups excluding carboxylic acids is 4. The maximum absolute atomic E-state index is 11.9. The summed E-state index contributed by atoms with van der Waals surface area (Å²) in [5, 5.41) is 0. The monoisotopic (exact) mass is 253 g/mol. The molecule has 0 N–H and O–H groups in total. The van der Waals surface area contributed by atoms with Crippen LogP contribution in [0.4, 0.5) is 0 Å². The molecule has 6 heteroatoms. The van der Waals surface area contributed by atoms with Crippen LogP contribution in [0, 0.1) is 0 Å². The summed E-state index contributed by atoms with van der Waals surface area (Å²) >= 11 is 0. The average molecular weight is 253 g/mol. The lowest BCUT2D eigenvalue weighted by atomic mass is 10.1. The molecule has 0 aromatic carbocycles. The van der Waals surface area contributed by atoms with E-state index >= 15 is 0 Å². The van der Waals surface area contributed by atoms with Gasteiger partial charge in [-0.1, -0.05) is 13.3 Å². The number of nitrogens with zero attached hydrogens (tertiary/aromatic N) is 1. The molecule has 1 aliphatic rings. The molecule has 0 spiro atoms. The highest BCUT2D eigenvalue weighted by molar-refractivity contribution is 6.37. The molecule has 0 aliphatic carbocycles. The molecule has 1 rings (SSSR count). The maximum Gasteiger partial charge on any atom is 0.376 e. The zero-order valence-corrected chi connectivity index (χ0v) is 10.3. The van der Waals surface area contributed by atoms with Gasteiger partial charge >= 0.3 is 5.97 Å². The standard InChI is InChI=1S/C12H15NO5/c1-3-5-8(11(16)12(17)18-4-2)13-9(14)6-7-10(13)15/h6-8H,3-5H2,1-2H3/t8-/m0/s1. The smallest absolute Gasteiger partial charge is 0.376 e. The van der Waals surface area contributed by atoms with Crippen LogP contribution in [0.3, 0.4) is 0 Å². The van der Waals surface area contributed by atoms with Crippen LogP contribution in [-0.2, 0) is 23.9 Å². The molecule has 0 saturated heterocycles. The molecule has 98 valence electrons. The molecule has 0 radical (unpaired) electrons. The molecule has 0 fully saturated rings. The Morgan fingerprint density at radius 1 is 1.22 bits per heavy atom. The summed E-state index contributed by atoms with van der Waals surface area (Å²) in [6.07, 6.45) is 2.98. The van der Waals surface area contributed by atoms with E-state index in [0.717, 1.165) is 17.1 Å². The fourth-order valence-electron chi connectivity index (χ4n) is 1.71. The number of ketones is 1. The number of amides is 2. The summed E-state index contributed by atoms with van der Waals surface area (Å²) in [5.74, 6) is -3.01. The number of ether oxygens (including phenoxy) is 1. The number of rotatable bonds is 6. The number of hydrogen-bond acceptors (Lipinski definition) is 5. The average Bonchev–Trinajstić information content (AvgIpc) is 2.66. The first kappa shape index (κ1) is 14.1. The summed E-state index contributed by atoms with van der Waals surface area (Å²) in [7, 11) is 0. The molecule has 1 heterocycles. The van der Waals surface area contributed by atoms with E-state index in [9.17, 15) is 19.2 Å². The Kier molecular flexibility index (Phi) is 4.76. The lowest BCUT2D eigenvalue weighted by Gasteiger charge is -2.23. The second kappa shape index (κ2) is 6.09. The molecule has 2 amide bonds. The highest BCUT2D eigenvalue weighted by Gasteiger charge is 2.38. The van der Waals surface area contributed by atoms with Crippen molar-refractivity contribution in [1.29, 1.82) is 0 Å². The minimum Gasteiger partial charge on any atom is -0.460 e. The third kappa shape index (κ3) is 2.82. The van der Waals surface area contributed by atoms with Crippen molar-refractivity contribution in [3.05, 3.63) is 12.2 Å². The van der Waals surface area contributed by atoms with Gasteiger partial charge in [0, 0.05) is 12.2 Å². The Hall–Kier alpha value is -1.98. The predicted octanol–water partition coefficient (Wildman–Crippen LogP) is 0.212. The van der Waals surface area contributed by atoms with Crippen molar-refractivity contribution < 1.29 is 23.9 Å². The Balaban J connectivity index is 2.89. The van der Waals surface area contributed by atoms with Crippen LogP contribution >= 0.6 is 0 Å². The number of esters is 1. The summed E-state index contributed by atoms with van der Waals surface area (Å²) in [4.78, 5) is 47.0. The minimum atomic E-state index is -1.07. The van der Waals surface area contributed by atoms with Gasteiger partial charge in [0.2, 0.25) is 0 Å². The van der Waals surface area contributed by atoms with Crippen molar-refractivity contribution in [3.8, 4) is 0 Å². The van der Waals surface area contributed by atoms with Crippen LogP contribution in [0.5, 0.6) is 0 Å². The molecule has 0 saturated carbocycles. The van der Waals surface area contributed by atoms with Gasteiger partial charge in [0.25, 0.3) is 17.6 Å². The molecular weight excluding hydrogens is 238 g/mol. The molecule has 18 heavy (non-hydrogen) atoms. The van der Waals surface area contributed by atoms with Gasteiger partial charge in [-0.15, -0.1) is 0 Å². The summed E-state index contributed by atoms with van der Waals surface area (Å²) in [6.45, 7) is 3.45. The second-order valence-electron chi connectivity index (χ2n) is 3.77. The van der Waals surface area contributed by atoms with E-state index < -0.39 is 29.6 Å². The first-order chi connectivity index (χ1) is 8.52. The summed E-state index contributed by atoms with van der Waals surface area (Å²) in [6, 6.07) is -1.07. The van der Waals surface area contributed by atoms with Crippen LogP contribution in [0.25, 0.3) is 0 Å². The van der Waals surface area contributed by atoms with E-state index in [4.69, 9.17) is 0 Å². The van der Waals surface area contributed by atoms with E-state index in [-0.39, 0.29) is 13.0 Å². The zero-order chi connectivity index (χ0) is 13.7. The van der Waals surface area contributed by atoms with Gasteiger partial charge in [-0.3, -0.25) is 19.3 Å². The zero-order valence-electron chi connectivity index (χ0n) is 10.3. The van der Waals surface area contributed by atoms with Crippen LogP contribution in [-0.4, -0.2) is 41.1 Å². The summed E-state index contributed by atoms with van der Waals surface area (Å²) in [5.41, 5.74) is 0. The molecule has 1 atom stereocenters. The first-order valence-electron chi connectivity index (χ1n) is 5.79. The van der Waals surface area contributed by atoms with Gasteiger partial charge in [-0.2, -0.15) is 0 Å². The molecule has 0 aromatic heterocycles. The third-order valence-electron chi connectivity index (χ3n) is 2.50. The van der Waals surface area contributed by atoms with Gasteiger partial charge in [-0.05, 0) is 13.3 Å². The number of imide groups is 1. The van der Waals surface area contributed by atoms with Crippen molar-refractivity contribution >= 4 is 23.6 Å². The van der Waals surface area contributed by atoms with E-state index in [0.29, 0.717) is 6.42 Å². The van der Waals surface area contributed by atoms with Crippen molar-refractivity contribution in [2.45, 2.75) is 32.7 Å². The Labute approximate surface area is 105 Å². The van der Waals surface area contributed by atoms with E-state index in [1.165, 1.54) is 0 Å². The third-order valence-corrected chi connectivity index (χ3v) is 2.50. The molecular formula is C12H15NO5. The highest BCUT2D eigenvalue weighted by Crippen LogP contribution is 2.15. The normalized spacial score (nSPS) is 16.0. The number of hydrogen-bond donors (Lipinski definition) is 0. The number of Topliss-reactive ketones (excluding diaryl/α,β-unsaturated/α-hetero) is 1. The predicted molar refractivity (Wildman–Crippen MR) is 61.3 cm³/mol. The lowest BCUT2D eigenvalue weighted by molar-refractivity contribution is -0.158. The fraction of sp³-hybridized carbons (Fsp3) is 0.500. The summed E-state index contributed by atoms with van der Waals surface area (Å²) < 4.78 is 4.60. The van der Waals surface area contributed by atoms with Crippen molar-refractivity contribution in [1.82, 2.24) is 4.90 Å². The first-order valence-corrected chi connectivity index (χ1v) is 5.79. The number of carbonyl (C=O) groups is 4. The quantitative estimate of drug-likeness (QED) is 0.384. The second-order valence-corrected chi connectivity index (χ2v) is 3.77. The molecule has 0 bridgehead atoms. The van der Waals surface area contributed by atoms with Gasteiger partial charge in [-0.25, -0.2) is 4.79 Å². The topological polar surface area (TPSA) is 80.8 Å². The van der Waals surface area contributed by atoms with Crippen molar-refractivity contribution in [2.75, 3.05) is 6.61 Å².